The Bertz CT molecular complexity index is 5230. The molecule has 0 unspecified atom stereocenters. The second-order valence-corrected chi connectivity index (χ2v) is 51.4. The molecule has 2 bridgehead atoms. The van der Waals surface area contributed by atoms with Crippen molar-refractivity contribution in [2.24, 2.45) is 30.8 Å². The summed E-state index contributed by atoms with van der Waals surface area (Å²) in [5.74, 6) is 4.32. The highest BCUT2D eigenvalue weighted by atomic mass is 32.1. The van der Waals surface area contributed by atoms with E-state index >= 15 is 0 Å². The van der Waals surface area contributed by atoms with Crippen LogP contribution in [0, 0.1) is 59.0 Å². The van der Waals surface area contributed by atoms with Gasteiger partial charge in [0.25, 0.3) is 0 Å². The molecule has 0 aromatic carbocycles. The van der Waals surface area contributed by atoms with Crippen LogP contribution in [0.15, 0.2) is 120 Å². The monoisotopic (exact) mass is 1920 g/mol. The molecule has 2 amide bonds. The van der Waals surface area contributed by atoms with Gasteiger partial charge in [-0.1, -0.05) is 239 Å². The van der Waals surface area contributed by atoms with Gasteiger partial charge in [-0.05, 0) is 206 Å². The van der Waals surface area contributed by atoms with Crippen LogP contribution in [0.4, 0.5) is 5.82 Å². The SMILES string of the molecule is CC(=O)N1CCC(C(C)(C)C)CC1.CC(C)(C)N1C[C@H]2C[C@@H]1CO2.CC(C)(C)c1cccnc1[N+](=O)[O-].CC(C)(C)c1cnccn1.CC(C)(C)c1nc(C2CC2)no1.CC(C)(C)c1ncccc1C#N.CC(C)(C)c1ncccc1C1CC1.CC(C)(C)c1nccs1.CC1(C)CCN(C(C)(C)C)C1=O.Cc1cccc(C(C)(C)C)n1.Cc1nn(C)c(C)c1C(C)(C)C.Cn1nccc1C(C)(C)C. The summed E-state index contributed by atoms with van der Waals surface area (Å²) in [6.07, 6.45) is 24.3. The molecule has 24 nitrogen and oxygen atoms in total. The molecule has 9 aromatic rings. The molecule has 25 heteroatoms. The molecule has 2 saturated carbocycles. The molecule has 15 rings (SSSR count). The number of fused-ring (bicyclic) bond motifs is 2. The Morgan fingerprint density at radius 2 is 1.12 bits per heavy atom. The first-order valence-corrected chi connectivity index (χ1v) is 50.6. The van der Waals surface area contributed by atoms with E-state index in [1.807, 2.05) is 105 Å². The molecule has 6 fully saturated rings. The van der Waals surface area contributed by atoms with Crippen LogP contribution in [0.25, 0.3) is 0 Å². The minimum absolute atomic E-state index is 0.00907. The number of ether oxygens (including phenoxy) is 1. The number of hydrogen-bond donors (Lipinski definition) is 0. The van der Waals surface area contributed by atoms with E-state index in [1.54, 1.807) is 67.3 Å². The number of nitriles is 1. The summed E-state index contributed by atoms with van der Waals surface area (Å²) in [5.41, 5.74) is 14.8. The van der Waals surface area contributed by atoms with Crippen molar-refractivity contribution in [3.8, 4) is 6.07 Å². The van der Waals surface area contributed by atoms with Crippen molar-refractivity contribution in [3.63, 3.8) is 0 Å². The lowest BCUT2D eigenvalue weighted by atomic mass is 9.75. The Morgan fingerprint density at radius 3 is 1.43 bits per heavy atom. The van der Waals surface area contributed by atoms with Gasteiger partial charge in [0.2, 0.25) is 17.7 Å². The van der Waals surface area contributed by atoms with Gasteiger partial charge >= 0.3 is 5.82 Å². The lowest BCUT2D eigenvalue weighted by molar-refractivity contribution is -0.390. The van der Waals surface area contributed by atoms with Gasteiger partial charge in [0.15, 0.2) is 5.82 Å². The fourth-order valence-electron chi connectivity index (χ4n) is 16.1. The number of aromatic nitrogens is 13. The minimum atomic E-state index is -0.444. The summed E-state index contributed by atoms with van der Waals surface area (Å²) in [4.78, 5) is 73.2. The first-order chi connectivity index (χ1) is 62.9. The van der Waals surface area contributed by atoms with Gasteiger partial charge in [-0.25, -0.2) is 4.98 Å². The highest BCUT2D eigenvalue weighted by Crippen LogP contribution is 2.45. The van der Waals surface area contributed by atoms with Crippen LogP contribution >= 0.6 is 11.3 Å². The quantitative estimate of drug-likeness (QED) is 0.117. The third kappa shape index (κ3) is 40.3. The van der Waals surface area contributed by atoms with Crippen LogP contribution in [-0.4, -0.2) is 152 Å². The Hall–Kier alpha value is -9.38. The van der Waals surface area contributed by atoms with Gasteiger partial charge in [-0.15, -0.1) is 11.3 Å². The summed E-state index contributed by atoms with van der Waals surface area (Å²) in [6, 6.07) is 22.4. The maximum Gasteiger partial charge on any atom is 0.367 e. The predicted molar refractivity (Wildman–Crippen MR) is 569 cm³/mol. The number of carbonyl (C=O) groups excluding carboxylic acids is 2. The normalized spacial score (nSPS) is 16.7. The van der Waals surface area contributed by atoms with Crippen molar-refractivity contribution in [3.05, 3.63) is 210 Å². The number of nitro groups is 1. The van der Waals surface area contributed by atoms with Crippen LogP contribution in [0.1, 0.15) is 418 Å². The molecule has 0 N–H and O–H groups in total. The lowest BCUT2D eigenvalue weighted by Gasteiger charge is -2.38. The van der Waals surface area contributed by atoms with Gasteiger partial charge in [-0.2, -0.15) is 20.4 Å². The van der Waals surface area contributed by atoms with Crippen LogP contribution in [0.3, 0.4) is 0 Å². The first-order valence-electron chi connectivity index (χ1n) is 49.7. The topological polar surface area (TPSA) is 285 Å². The van der Waals surface area contributed by atoms with E-state index in [2.05, 4.69) is 339 Å². The number of piperidine rings is 1. The lowest BCUT2D eigenvalue weighted by Crippen LogP contribution is -2.48. The maximum atomic E-state index is 11.8. The number of likely N-dealkylation sites (tertiary alicyclic amines) is 3. The van der Waals surface area contributed by atoms with E-state index < -0.39 is 4.92 Å². The molecular weight excluding hydrogens is 1740 g/mol. The standard InChI is InChI=1S/C12H17N.C11H21NO.C10H18N2.C10H12N2.C10H19NO.C10H15N.C9H12N2O2.C9H14N2O.C9H17NO.C8H14N2.C8H12N2.C7H11NS/c1-12(2,3)11-10(9-6-7-9)5-4-8-13-11;1-9(13)12-7-5-10(6-8-12)11(2,3)4;1-7-9(10(3,4)5)8(2)12(6)11-7;1-10(2,3)9-8(7-11)5-4-6-12-9;1-9(2,3)11-7-6-10(4,5)8(11)12;1-8-6-5-7-9(11-8)10(2,3)4;1-9(2,3)7-5-4-6-10-8(7)11(12)13;1-9(2,3)8-10-7(11-12-8)6-4-5-6;1-9(2,3)10-5-8-4-7(10)6-11-8;1-8(2,3)7-5-6-9-10(7)4;1-8(2,3)7-6-9-4-5-10-7;1-7(2,3)6-8-4-5-9-6/h4-5,8-9H,6-7H2,1-3H3;10H,5-8H2,1-4H3;1-6H3;4-6H,1-3H3;6-7H2,1-5H3;5-7H,1-4H3;4-6H,1-3H3;6H,4-5H2,1-3H3;7-8H,4-6H2,1-3H3;5-6H,1-4H3;4-6H,1-3H3;4-5H,1-3H3/t;;;;;;;;7-,8-;;;/m........1.../s1. The summed E-state index contributed by atoms with van der Waals surface area (Å²) in [7, 11) is 3.97. The second-order valence-electron chi connectivity index (χ2n) is 50.5. The van der Waals surface area contributed by atoms with E-state index in [0.29, 0.717) is 46.1 Å². The summed E-state index contributed by atoms with van der Waals surface area (Å²) in [6.45, 7) is 94.4. The number of carbonyl (C=O) groups is 2. The second kappa shape index (κ2) is 49.8. The number of pyridine rings is 4. The minimum Gasteiger partial charge on any atom is -0.375 e. The zero-order valence-electron chi connectivity index (χ0n) is 94.0. The van der Waals surface area contributed by atoms with Crippen molar-refractivity contribution in [2.45, 2.75) is 426 Å². The zero-order chi connectivity index (χ0) is 105. The van der Waals surface area contributed by atoms with Crippen molar-refractivity contribution >= 4 is 29.0 Å². The van der Waals surface area contributed by atoms with E-state index in [0.717, 1.165) is 91.2 Å². The molecule has 766 valence electrons. The van der Waals surface area contributed by atoms with Gasteiger partial charge in [0, 0.05) is 196 Å². The fourth-order valence-corrected chi connectivity index (χ4v) is 16.9. The smallest absolute Gasteiger partial charge is 0.367 e. The van der Waals surface area contributed by atoms with Gasteiger partial charge in [-0.3, -0.25) is 48.8 Å². The highest BCUT2D eigenvalue weighted by Gasteiger charge is 2.45. The van der Waals surface area contributed by atoms with Crippen LogP contribution in [0.5, 0.6) is 0 Å². The van der Waals surface area contributed by atoms with Gasteiger partial charge < -0.3 is 29.2 Å². The molecule has 9 aromatic heterocycles. The van der Waals surface area contributed by atoms with E-state index in [9.17, 15) is 19.7 Å². The third-order valence-electron chi connectivity index (χ3n) is 24.4. The van der Waals surface area contributed by atoms with Crippen molar-refractivity contribution < 1.29 is 23.8 Å². The number of aryl methyl sites for hydroxylation is 4. The van der Waals surface area contributed by atoms with Crippen molar-refractivity contribution in [1.29, 1.82) is 5.26 Å². The number of thiazole rings is 1. The number of amides is 2. The Morgan fingerprint density at radius 1 is 0.558 bits per heavy atom. The van der Waals surface area contributed by atoms with Crippen LogP contribution in [0.2, 0.25) is 0 Å². The van der Waals surface area contributed by atoms with Gasteiger partial charge in [0.1, 0.15) is 12.3 Å². The Labute approximate surface area is 838 Å². The first kappa shape index (κ1) is 121. The zero-order valence-corrected chi connectivity index (χ0v) is 94.8. The van der Waals surface area contributed by atoms with E-state index in [1.165, 1.54) is 84.4 Å². The number of hydrogen-bond acceptors (Lipinski definition) is 20. The molecule has 0 spiro atoms. The average molecular weight is 1920 g/mol. The fraction of sp³-hybridized carbons (Fsp3) is 0.664. The summed E-state index contributed by atoms with van der Waals surface area (Å²) < 4.78 is 14.6. The van der Waals surface area contributed by atoms with Crippen LogP contribution in [-0.2, 0) is 77.2 Å². The Balaban J connectivity index is 0.000000315. The largest absolute Gasteiger partial charge is 0.375 e. The highest BCUT2D eigenvalue weighted by molar-refractivity contribution is 7.09. The van der Waals surface area contributed by atoms with Crippen molar-refractivity contribution in [2.75, 3.05) is 32.8 Å². The molecule has 2 atom stereocenters. The molecule has 13 heterocycles. The molecular formula is C113H182N18O6S. The number of morpholine rings is 1. The molecule has 2 aliphatic carbocycles. The summed E-state index contributed by atoms with van der Waals surface area (Å²) in [5, 5.41) is 35.1. The third-order valence-corrected chi connectivity index (χ3v) is 25.6. The molecule has 6 aliphatic rings. The number of rotatable bonds is 3. The maximum absolute atomic E-state index is 11.8. The molecule has 4 aliphatic heterocycles. The molecule has 4 saturated heterocycles. The average Bonchev–Trinajstić information content (AvgIpc) is 1.64. The number of nitrogens with zero attached hydrogens (tertiary/aromatic N) is 18. The van der Waals surface area contributed by atoms with Crippen LogP contribution < -0.4 is 0 Å². The molecule has 138 heavy (non-hydrogen) atoms. The van der Waals surface area contributed by atoms with Gasteiger partial charge in [0.05, 0.1) is 45.9 Å². The van der Waals surface area contributed by atoms with E-state index in [-0.39, 0.29) is 71.4 Å². The Kier molecular flexibility index (Phi) is 43.7. The molecule has 0 radical (unpaired) electrons. The summed E-state index contributed by atoms with van der Waals surface area (Å²) >= 11 is 1.72. The van der Waals surface area contributed by atoms with Crippen molar-refractivity contribution in [1.82, 2.24) is 79.3 Å². The van der Waals surface area contributed by atoms with E-state index in [4.69, 9.17) is 14.5 Å². The predicted octanol–water partition coefficient (Wildman–Crippen LogP) is 26.6.